The number of nitrogens with one attached hydrogen (secondary N) is 3. The summed E-state index contributed by atoms with van der Waals surface area (Å²) in [5.74, 6) is -1.12. The number of halogens is 5. The van der Waals surface area contributed by atoms with Crippen LogP contribution in [-0.4, -0.2) is 87.3 Å². The lowest BCUT2D eigenvalue weighted by Gasteiger charge is -2.39. The molecule has 3 rings (SSSR count). The van der Waals surface area contributed by atoms with Crippen LogP contribution in [0.1, 0.15) is 91.0 Å². The highest BCUT2D eigenvalue weighted by molar-refractivity contribution is 7.84. The molecule has 4 atom stereocenters. The van der Waals surface area contributed by atoms with Gasteiger partial charge in [0.1, 0.15) is 17.7 Å². The predicted molar refractivity (Wildman–Crippen MR) is 210 cm³/mol. The van der Waals surface area contributed by atoms with Crippen LogP contribution in [-0.2, 0) is 37.9 Å². The number of alkyl carbamates (subject to hydrolysis) is 1. The van der Waals surface area contributed by atoms with Gasteiger partial charge < -0.3 is 30.3 Å². The number of alkyl halides is 3. The Morgan fingerprint density at radius 1 is 0.927 bits per heavy atom. The molecule has 0 aliphatic carbocycles. The van der Waals surface area contributed by atoms with Gasteiger partial charge in [-0.1, -0.05) is 43.1 Å². The van der Waals surface area contributed by atoms with E-state index in [4.69, 9.17) is 27.9 Å². The summed E-state index contributed by atoms with van der Waals surface area (Å²) in [6, 6.07) is 5.26. The lowest BCUT2D eigenvalue weighted by Crippen LogP contribution is -2.58. The number of benzene rings is 2. The standard InChI is InChI=1S/C38H54Cl2F3N5O6S/c1-23(2)19-30(46-55(53)37(6,7)8)27-21-25(38(41,42)43)10-12-32(27)47-14-16-48(17-15-47)34(51)31(20-24-9-11-26(39)22-28(24)40)44-33(50)29(13-18-49)45-35(52)54-36(3,4)5/h9-12,21-23,29-31,46,49H,13-20H2,1-8H3,(H,44,50)(H,45,52)/t29?,30-,31+,55?/m0/s1. The first kappa shape index (κ1) is 46.3. The van der Waals surface area contributed by atoms with E-state index in [-0.39, 0.29) is 50.0 Å². The first-order chi connectivity index (χ1) is 25.4. The average Bonchev–Trinajstić information content (AvgIpc) is 3.06. The second-order valence-corrected chi connectivity index (χ2v) is 18.8. The molecule has 308 valence electrons. The van der Waals surface area contributed by atoms with Crippen molar-refractivity contribution in [3.8, 4) is 0 Å². The lowest BCUT2D eigenvalue weighted by atomic mass is 9.94. The molecule has 1 fully saturated rings. The second kappa shape index (κ2) is 19.4. The molecule has 0 bridgehead atoms. The van der Waals surface area contributed by atoms with Crippen LogP contribution in [0.15, 0.2) is 36.4 Å². The third kappa shape index (κ3) is 14.1. The maximum Gasteiger partial charge on any atom is 0.416 e. The number of anilines is 1. The number of aliphatic hydroxyl groups excluding tert-OH is 1. The number of hydrogen-bond donors (Lipinski definition) is 4. The SMILES string of the molecule is CC(C)C[C@H](NS(=O)C(C)(C)C)c1cc(C(F)(F)F)ccc1N1CCN(C(=O)[C@@H](Cc2ccc(Cl)cc2Cl)NC(=O)C(CCO)NC(=O)OC(C)(C)C)CC1. The molecule has 17 heteroatoms. The number of carbonyl (C=O) groups is 3. The highest BCUT2D eigenvalue weighted by Gasteiger charge is 2.36. The summed E-state index contributed by atoms with van der Waals surface area (Å²) < 4.78 is 63.0. The number of aliphatic hydroxyl groups is 1. The van der Waals surface area contributed by atoms with Crippen molar-refractivity contribution in [2.45, 2.75) is 109 Å². The van der Waals surface area contributed by atoms with Crippen LogP contribution < -0.4 is 20.3 Å². The van der Waals surface area contributed by atoms with Gasteiger partial charge in [0, 0.05) is 61.0 Å². The van der Waals surface area contributed by atoms with Gasteiger partial charge in [-0.05, 0) is 102 Å². The van der Waals surface area contributed by atoms with E-state index < -0.39 is 75.7 Å². The number of rotatable bonds is 14. The second-order valence-electron chi connectivity index (χ2n) is 16.0. The van der Waals surface area contributed by atoms with Crippen LogP contribution >= 0.6 is 23.2 Å². The zero-order valence-electron chi connectivity index (χ0n) is 32.6. The maximum absolute atomic E-state index is 14.2. The average molecular weight is 837 g/mol. The molecule has 2 unspecified atom stereocenters. The third-order valence-corrected chi connectivity index (χ3v) is 10.9. The zero-order chi connectivity index (χ0) is 41.5. The molecular formula is C38H54Cl2F3N5O6S. The van der Waals surface area contributed by atoms with Crippen LogP contribution in [0.4, 0.5) is 23.7 Å². The van der Waals surface area contributed by atoms with Crippen LogP contribution in [0.5, 0.6) is 0 Å². The van der Waals surface area contributed by atoms with Crippen molar-refractivity contribution in [3.05, 3.63) is 63.1 Å². The van der Waals surface area contributed by atoms with Crippen LogP contribution in [0.3, 0.4) is 0 Å². The monoisotopic (exact) mass is 835 g/mol. The Hall–Kier alpha value is -3.11. The highest BCUT2D eigenvalue weighted by atomic mass is 35.5. The van der Waals surface area contributed by atoms with Gasteiger partial charge in [-0.2, -0.15) is 13.2 Å². The molecule has 1 aliphatic rings. The van der Waals surface area contributed by atoms with Crippen LogP contribution in [0.2, 0.25) is 10.0 Å². The molecule has 2 aromatic carbocycles. The summed E-state index contributed by atoms with van der Waals surface area (Å²) in [4.78, 5) is 43.8. The molecule has 11 nitrogen and oxygen atoms in total. The largest absolute Gasteiger partial charge is 0.444 e. The van der Waals surface area contributed by atoms with Gasteiger partial charge in [-0.3, -0.25) is 9.59 Å². The molecule has 4 N–H and O–H groups in total. The minimum atomic E-state index is -4.60. The Kier molecular flexibility index (Phi) is 16.3. The molecule has 2 aromatic rings. The van der Waals surface area contributed by atoms with Gasteiger partial charge in [0.25, 0.3) is 0 Å². The zero-order valence-corrected chi connectivity index (χ0v) is 34.9. The lowest BCUT2D eigenvalue weighted by molar-refractivity contribution is -0.138. The first-order valence-electron chi connectivity index (χ1n) is 18.2. The Morgan fingerprint density at radius 3 is 2.09 bits per heavy atom. The maximum atomic E-state index is 14.2. The minimum absolute atomic E-state index is 0.0321. The molecule has 0 aromatic heterocycles. The van der Waals surface area contributed by atoms with E-state index in [0.29, 0.717) is 28.3 Å². The normalized spacial score (nSPS) is 16.3. The predicted octanol–water partition coefficient (Wildman–Crippen LogP) is 6.80. The van der Waals surface area contributed by atoms with E-state index in [0.717, 1.165) is 12.1 Å². The van der Waals surface area contributed by atoms with Crippen molar-refractivity contribution < 1.29 is 41.6 Å². The molecule has 1 heterocycles. The van der Waals surface area contributed by atoms with Gasteiger partial charge >= 0.3 is 12.3 Å². The van der Waals surface area contributed by atoms with Crippen molar-refractivity contribution in [3.63, 3.8) is 0 Å². The Morgan fingerprint density at radius 2 is 1.56 bits per heavy atom. The fourth-order valence-electron chi connectivity index (χ4n) is 5.93. The fraction of sp³-hybridized carbons (Fsp3) is 0.605. The van der Waals surface area contributed by atoms with Crippen molar-refractivity contribution >= 4 is 57.8 Å². The van der Waals surface area contributed by atoms with Gasteiger partial charge in [-0.25, -0.2) is 13.7 Å². The molecule has 1 aliphatic heterocycles. The third-order valence-electron chi connectivity index (χ3n) is 8.65. The summed E-state index contributed by atoms with van der Waals surface area (Å²) in [5.41, 5.74) is -0.267. The van der Waals surface area contributed by atoms with Crippen molar-refractivity contribution in [1.29, 1.82) is 0 Å². The van der Waals surface area contributed by atoms with E-state index in [1.54, 1.807) is 58.6 Å². The summed E-state index contributed by atoms with van der Waals surface area (Å²) in [6.07, 6.45) is -5.25. The fourth-order valence-corrected chi connectivity index (χ4v) is 7.25. The van der Waals surface area contributed by atoms with Crippen LogP contribution in [0, 0.1) is 5.92 Å². The first-order valence-corrected chi connectivity index (χ1v) is 20.1. The Balaban J connectivity index is 1.92. The smallest absolute Gasteiger partial charge is 0.416 e. The number of amides is 3. The molecule has 1 saturated heterocycles. The van der Waals surface area contributed by atoms with E-state index in [2.05, 4.69) is 15.4 Å². The summed E-state index contributed by atoms with van der Waals surface area (Å²) in [7, 11) is -1.58. The van der Waals surface area contributed by atoms with Gasteiger partial charge in [0.05, 0.1) is 21.3 Å². The molecule has 55 heavy (non-hydrogen) atoms. The van der Waals surface area contributed by atoms with Crippen molar-refractivity contribution in [2.24, 2.45) is 5.92 Å². The summed E-state index contributed by atoms with van der Waals surface area (Å²) in [6.45, 7) is 14.6. The number of carbonyl (C=O) groups excluding carboxylic acids is 3. The van der Waals surface area contributed by atoms with E-state index >= 15 is 0 Å². The number of piperazine rings is 1. The molecule has 3 amide bonds. The number of ether oxygens (including phenoxy) is 1. The summed E-state index contributed by atoms with van der Waals surface area (Å²) in [5, 5.41) is 15.5. The van der Waals surface area contributed by atoms with Gasteiger partial charge in [0.15, 0.2) is 0 Å². The van der Waals surface area contributed by atoms with E-state index in [9.17, 15) is 36.9 Å². The van der Waals surface area contributed by atoms with Gasteiger partial charge in [0.2, 0.25) is 11.8 Å². The Labute approximate surface area is 334 Å². The summed E-state index contributed by atoms with van der Waals surface area (Å²) >= 11 is 12.6. The topological polar surface area (TPSA) is 140 Å². The van der Waals surface area contributed by atoms with E-state index in [1.807, 2.05) is 18.7 Å². The quantitative estimate of drug-likeness (QED) is 0.164. The van der Waals surface area contributed by atoms with E-state index in [1.165, 1.54) is 12.1 Å². The highest BCUT2D eigenvalue weighted by Crippen LogP contribution is 2.38. The van der Waals surface area contributed by atoms with Crippen molar-refractivity contribution in [1.82, 2.24) is 20.3 Å². The minimum Gasteiger partial charge on any atom is -0.444 e. The molecular weight excluding hydrogens is 782 g/mol. The van der Waals surface area contributed by atoms with Crippen molar-refractivity contribution in [2.75, 3.05) is 37.7 Å². The number of nitrogens with zero attached hydrogens (tertiary/aromatic N) is 2. The van der Waals surface area contributed by atoms with Gasteiger partial charge in [-0.15, -0.1) is 0 Å². The molecule has 0 radical (unpaired) electrons. The Bertz CT molecular complexity index is 1680. The molecule has 0 spiro atoms. The molecule has 0 saturated carbocycles. The van der Waals surface area contributed by atoms with Crippen LogP contribution in [0.25, 0.3) is 0 Å². The number of hydrogen-bond acceptors (Lipinski definition) is 7.